The average Bonchev–Trinajstić information content (AvgIpc) is 2.33. The molecule has 98 valence electrons. The lowest BCUT2D eigenvalue weighted by Crippen LogP contribution is -1.85. The Balaban J connectivity index is 0.000000252. The molecule has 0 bridgehead atoms. The Labute approximate surface area is 105 Å². The monoisotopic (exact) mass is 240 g/mol. The largest absolute Gasteiger partial charge is 0.397 e. The first-order chi connectivity index (χ1) is 8.20. The minimum atomic E-state index is -0.162. The molecule has 0 saturated heterocycles. The molecule has 0 radical (unpaired) electrons. The first-order valence-electron chi connectivity index (χ1n) is 6.53. The van der Waals surface area contributed by atoms with Crippen molar-refractivity contribution in [2.24, 2.45) is 0 Å². The van der Waals surface area contributed by atoms with Crippen LogP contribution in [0.5, 0.6) is 0 Å². The van der Waals surface area contributed by atoms with E-state index in [1.54, 1.807) is 13.0 Å². The van der Waals surface area contributed by atoms with Crippen LogP contribution in [0.3, 0.4) is 0 Å². The van der Waals surface area contributed by atoms with Crippen molar-refractivity contribution in [1.29, 1.82) is 0 Å². The standard InChI is InChI=1S/C7H7F.C6H12.C2H6O/c1-6-3-2-4-7(8)5-6;1-2-4-6-5-3-1;1-2-3/h2-5H,1H3;1-6H2;3H,2H2,1H3. The molecular weight excluding hydrogens is 215 g/mol. The zero-order valence-corrected chi connectivity index (χ0v) is 11.1. The molecule has 1 fully saturated rings. The van der Waals surface area contributed by atoms with Crippen molar-refractivity contribution >= 4 is 0 Å². The SMILES string of the molecule is C1CCCCC1.CCO.Cc1cccc(F)c1. The van der Waals surface area contributed by atoms with Gasteiger partial charge in [0.25, 0.3) is 0 Å². The van der Waals surface area contributed by atoms with Crippen LogP contribution >= 0.6 is 0 Å². The van der Waals surface area contributed by atoms with Crippen LogP contribution in [0.2, 0.25) is 0 Å². The van der Waals surface area contributed by atoms with Gasteiger partial charge in [0.05, 0.1) is 0 Å². The van der Waals surface area contributed by atoms with Crippen LogP contribution in [0.1, 0.15) is 51.0 Å². The van der Waals surface area contributed by atoms with Gasteiger partial charge < -0.3 is 5.11 Å². The number of rotatable bonds is 0. The highest BCUT2D eigenvalue weighted by atomic mass is 19.1. The Kier molecular flexibility index (Phi) is 11.0. The Bertz CT molecular complexity index is 241. The fraction of sp³-hybridized carbons (Fsp3) is 0.600. The van der Waals surface area contributed by atoms with Crippen LogP contribution in [0.15, 0.2) is 24.3 Å². The third-order valence-corrected chi connectivity index (χ3v) is 2.48. The van der Waals surface area contributed by atoms with Gasteiger partial charge in [-0.1, -0.05) is 50.7 Å². The molecule has 0 amide bonds. The predicted molar refractivity (Wildman–Crippen MR) is 71.6 cm³/mol. The third kappa shape index (κ3) is 11.4. The van der Waals surface area contributed by atoms with Gasteiger partial charge >= 0.3 is 0 Å². The fourth-order valence-electron chi connectivity index (χ4n) is 1.67. The van der Waals surface area contributed by atoms with E-state index in [0.717, 1.165) is 5.56 Å². The summed E-state index contributed by atoms with van der Waals surface area (Å²) in [6, 6.07) is 6.50. The molecule has 17 heavy (non-hydrogen) atoms. The summed E-state index contributed by atoms with van der Waals surface area (Å²) in [4.78, 5) is 0. The molecule has 0 heterocycles. The zero-order chi connectivity index (χ0) is 12.9. The van der Waals surface area contributed by atoms with Gasteiger partial charge in [0.15, 0.2) is 0 Å². The second kappa shape index (κ2) is 11.6. The number of benzene rings is 1. The molecule has 0 aliphatic heterocycles. The van der Waals surface area contributed by atoms with Crippen molar-refractivity contribution in [3.05, 3.63) is 35.6 Å². The van der Waals surface area contributed by atoms with Gasteiger partial charge in [-0.2, -0.15) is 0 Å². The highest BCUT2D eigenvalue weighted by molar-refractivity contribution is 5.13. The van der Waals surface area contributed by atoms with Crippen LogP contribution in [0.4, 0.5) is 4.39 Å². The average molecular weight is 240 g/mol. The van der Waals surface area contributed by atoms with Gasteiger partial charge in [0, 0.05) is 6.61 Å². The van der Waals surface area contributed by atoms with Crippen molar-refractivity contribution in [1.82, 2.24) is 0 Å². The fourth-order valence-corrected chi connectivity index (χ4v) is 1.67. The number of hydrogen-bond acceptors (Lipinski definition) is 1. The van der Waals surface area contributed by atoms with Gasteiger partial charge in [0.2, 0.25) is 0 Å². The van der Waals surface area contributed by atoms with E-state index in [9.17, 15) is 4.39 Å². The molecule has 2 heteroatoms. The molecule has 0 atom stereocenters. The topological polar surface area (TPSA) is 20.2 Å². The normalized spacial score (nSPS) is 13.9. The molecule has 2 rings (SSSR count). The Morgan fingerprint density at radius 2 is 1.47 bits per heavy atom. The molecule has 1 aromatic carbocycles. The van der Waals surface area contributed by atoms with Gasteiger partial charge in [0.1, 0.15) is 5.82 Å². The van der Waals surface area contributed by atoms with Crippen molar-refractivity contribution in [2.45, 2.75) is 52.4 Å². The first-order valence-corrected chi connectivity index (χ1v) is 6.53. The zero-order valence-electron chi connectivity index (χ0n) is 11.1. The maximum atomic E-state index is 12.2. The van der Waals surface area contributed by atoms with Crippen molar-refractivity contribution in [3.63, 3.8) is 0 Å². The first kappa shape index (κ1) is 16.1. The Hall–Kier alpha value is -0.890. The summed E-state index contributed by atoms with van der Waals surface area (Å²) in [6.07, 6.45) is 9.00. The van der Waals surface area contributed by atoms with E-state index in [4.69, 9.17) is 5.11 Å². The van der Waals surface area contributed by atoms with Crippen molar-refractivity contribution in [2.75, 3.05) is 6.61 Å². The summed E-state index contributed by atoms with van der Waals surface area (Å²) in [5.41, 5.74) is 0.963. The summed E-state index contributed by atoms with van der Waals surface area (Å²) >= 11 is 0. The molecule has 0 aromatic heterocycles. The summed E-state index contributed by atoms with van der Waals surface area (Å²) in [5.74, 6) is -0.162. The number of hydrogen-bond donors (Lipinski definition) is 1. The number of aryl methyl sites for hydroxylation is 1. The van der Waals surface area contributed by atoms with E-state index in [2.05, 4.69) is 0 Å². The highest BCUT2D eigenvalue weighted by Gasteiger charge is 1.95. The summed E-state index contributed by atoms with van der Waals surface area (Å²) in [6.45, 7) is 3.79. The second-order valence-electron chi connectivity index (χ2n) is 4.24. The lowest BCUT2D eigenvalue weighted by atomic mass is 10.0. The van der Waals surface area contributed by atoms with E-state index >= 15 is 0 Å². The quantitative estimate of drug-likeness (QED) is 0.709. The molecule has 1 N–H and O–H groups in total. The van der Waals surface area contributed by atoms with Crippen LogP contribution in [0, 0.1) is 12.7 Å². The van der Waals surface area contributed by atoms with Crippen LogP contribution in [-0.4, -0.2) is 11.7 Å². The Morgan fingerprint density at radius 3 is 1.71 bits per heavy atom. The van der Waals surface area contributed by atoms with Crippen LogP contribution in [0.25, 0.3) is 0 Å². The van der Waals surface area contributed by atoms with Crippen LogP contribution < -0.4 is 0 Å². The molecule has 1 aliphatic carbocycles. The second-order valence-corrected chi connectivity index (χ2v) is 4.24. The number of aliphatic hydroxyl groups is 1. The lowest BCUT2D eigenvalue weighted by molar-refractivity contribution is 0.318. The molecule has 0 spiro atoms. The molecule has 1 aromatic rings. The minimum Gasteiger partial charge on any atom is -0.397 e. The summed E-state index contributed by atoms with van der Waals surface area (Å²) in [5, 5.41) is 7.57. The minimum absolute atomic E-state index is 0.162. The van der Waals surface area contributed by atoms with Crippen molar-refractivity contribution < 1.29 is 9.50 Å². The van der Waals surface area contributed by atoms with Gasteiger partial charge in [-0.05, 0) is 31.5 Å². The smallest absolute Gasteiger partial charge is 0.123 e. The maximum absolute atomic E-state index is 12.2. The van der Waals surface area contributed by atoms with Gasteiger partial charge in [-0.3, -0.25) is 0 Å². The molecule has 1 aliphatic rings. The Morgan fingerprint density at radius 1 is 1.06 bits per heavy atom. The van der Waals surface area contributed by atoms with E-state index < -0.39 is 0 Å². The number of aliphatic hydroxyl groups excluding tert-OH is 1. The molecule has 1 nitrogen and oxygen atoms in total. The van der Waals surface area contributed by atoms with E-state index in [-0.39, 0.29) is 12.4 Å². The van der Waals surface area contributed by atoms with Gasteiger partial charge in [-0.15, -0.1) is 0 Å². The summed E-state index contributed by atoms with van der Waals surface area (Å²) in [7, 11) is 0. The van der Waals surface area contributed by atoms with E-state index in [1.807, 2.05) is 13.0 Å². The highest BCUT2D eigenvalue weighted by Crippen LogP contribution is 2.15. The predicted octanol–water partition coefficient (Wildman–Crippen LogP) is 4.47. The molecule has 1 saturated carbocycles. The van der Waals surface area contributed by atoms with E-state index in [1.165, 1.54) is 50.7 Å². The summed E-state index contributed by atoms with van der Waals surface area (Å²) < 4.78 is 12.2. The molecule has 0 unspecified atom stereocenters. The third-order valence-electron chi connectivity index (χ3n) is 2.48. The molecular formula is C15H25FO. The maximum Gasteiger partial charge on any atom is 0.123 e. The van der Waals surface area contributed by atoms with E-state index in [0.29, 0.717) is 0 Å². The van der Waals surface area contributed by atoms with Gasteiger partial charge in [-0.25, -0.2) is 4.39 Å². The lowest BCUT2D eigenvalue weighted by Gasteiger charge is -2.05. The van der Waals surface area contributed by atoms with Crippen molar-refractivity contribution in [3.8, 4) is 0 Å². The van der Waals surface area contributed by atoms with Crippen LogP contribution in [-0.2, 0) is 0 Å². The number of halogens is 1.